The highest BCUT2D eigenvalue weighted by Gasteiger charge is 2.20. The first kappa shape index (κ1) is 13.9. The average molecular weight is 203 g/mol. The fraction of sp³-hybridized carbons (Fsp3) is 1.00. The van der Waals surface area contributed by atoms with Gasteiger partial charge >= 0.3 is 0 Å². The number of ether oxygens (including phenoxy) is 1. The zero-order valence-electron chi connectivity index (χ0n) is 9.75. The molecule has 0 aromatic heterocycles. The van der Waals surface area contributed by atoms with Gasteiger partial charge in [-0.25, -0.2) is 0 Å². The second kappa shape index (κ2) is 7.21. The predicted molar refractivity (Wildman–Crippen MR) is 59.2 cm³/mol. The molecule has 0 aliphatic carbocycles. The molecule has 0 aromatic rings. The quantitative estimate of drug-likeness (QED) is 0.588. The van der Waals surface area contributed by atoms with Gasteiger partial charge in [0.15, 0.2) is 0 Å². The van der Waals surface area contributed by atoms with Gasteiger partial charge in [-0.3, -0.25) is 0 Å². The molecule has 0 heterocycles. The number of aliphatic hydroxyl groups excluding tert-OH is 1. The van der Waals surface area contributed by atoms with Gasteiger partial charge in [0.25, 0.3) is 0 Å². The van der Waals surface area contributed by atoms with Gasteiger partial charge in [-0.15, -0.1) is 0 Å². The molecule has 0 fully saturated rings. The molecule has 3 N–H and O–H groups in total. The normalized spacial score (nSPS) is 15.9. The minimum absolute atomic E-state index is 0.0632. The summed E-state index contributed by atoms with van der Waals surface area (Å²) >= 11 is 0. The maximum atomic E-state index is 9.06. The molecule has 0 saturated carbocycles. The lowest BCUT2D eigenvalue weighted by Crippen LogP contribution is -2.43. The monoisotopic (exact) mass is 203 g/mol. The van der Waals surface area contributed by atoms with Gasteiger partial charge < -0.3 is 15.6 Å². The minimum atomic E-state index is -0.402. The van der Waals surface area contributed by atoms with Crippen molar-refractivity contribution in [2.75, 3.05) is 19.8 Å². The zero-order chi connectivity index (χ0) is 11.0. The topological polar surface area (TPSA) is 55.5 Å². The summed E-state index contributed by atoms with van der Waals surface area (Å²) in [6.45, 7) is 7.89. The number of rotatable bonds is 8. The maximum Gasteiger partial charge on any atom is 0.0611 e. The van der Waals surface area contributed by atoms with Crippen LogP contribution in [0.2, 0.25) is 0 Å². The lowest BCUT2D eigenvalue weighted by atomic mass is 9.93. The van der Waals surface area contributed by atoms with Gasteiger partial charge in [-0.1, -0.05) is 20.8 Å². The summed E-state index contributed by atoms with van der Waals surface area (Å²) in [6.07, 6.45) is 2.57. The van der Waals surface area contributed by atoms with Crippen molar-refractivity contribution < 1.29 is 9.84 Å². The Hall–Kier alpha value is -0.120. The number of aliphatic hydroxyl groups is 1. The van der Waals surface area contributed by atoms with Crippen LogP contribution in [0.4, 0.5) is 0 Å². The van der Waals surface area contributed by atoms with Crippen molar-refractivity contribution in [1.82, 2.24) is 0 Å². The molecule has 0 spiro atoms. The van der Waals surface area contributed by atoms with Crippen molar-refractivity contribution in [3.05, 3.63) is 0 Å². The summed E-state index contributed by atoms with van der Waals surface area (Å²) in [5.74, 6) is 0.585. The second-order valence-electron chi connectivity index (χ2n) is 4.45. The molecule has 86 valence electrons. The van der Waals surface area contributed by atoms with Gasteiger partial charge in [-0.2, -0.15) is 0 Å². The molecule has 1 atom stereocenters. The van der Waals surface area contributed by atoms with Gasteiger partial charge in [0.1, 0.15) is 0 Å². The summed E-state index contributed by atoms with van der Waals surface area (Å²) in [5.41, 5.74) is 5.53. The third-order valence-corrected chi connectivity index (χ3v) is 2.43. The van der Waals surface area contributed by atoms with Crippen molar-refractivity contribution >= 4 is 0 Å². The van der Waals surface area contributed by atoms with Crippen molar-refractivity contribution in [3.63, 3.8) is 0 Å². The van der Waals surface area contributed by atoms with Gasteiger partial charge in [0.2, 0.25) is 0 Å². The average Bonchev–Trinajstić information content (AvgIpc) is 2.16. The Kier molecular flexibility index (Phi) is 7.15. The molecule has 0 radical (unpaired) electrons. The molecule has 0 aromatic carbocycles. The summed E-state index contributed by atoms with van der Waals surface area (Å²) in [4.78, 5) is 0. The zero-order valence-corrected chi connectivity index (χ0v) is 9.75. The largest absolute Gasteiger partial charge is 0.394 e. The highest BCUT2D eigenvalue weighted by Crippen LogP contribution is 2.13. The van der Waals surface area contributed by atoms with Crippen LogP contribution >= 0.6 is 0 Å². The van der Waals surface area contributed by atoms with Gasteiger partial charge in [0, 0.05) is 18.8 Å². The van der Waals surface area contributed by atoms with E-state index in [0.29, 0.717) is 5.92 Å². The lowest BCUT2D eigenvalue weighted by Gasteiger charge is -2.25. The Morgan fingerprint density at radius 2 is 2.07 bits per heavy atom. The fourth-order valence-electron chi connectivity index (χ4n) is 1.21. The molecule has 1 unspecified atom stereocenters. The first-order chi connectivity index (χ1) is 6.54. The molecular weight excluding hydrogens is 178 g/mol. The Bertz CT molecular complexity index is 133. The van der Waals surface area contributed by atoms with E-state index in [9.17, 15) is 0 Å². The summed E-state index contributed by atoms with van der Waals surface area (Å²) in [5, 5.41) is 9.06. The molecule has 3 heteroatoms. The first-order valence-electron chi connectivity index (χ1n) is 5.51. The fourth-order valence-corrected chi connectivity index (χ4v) is 1.21. The van der Waals surface area contributed by atoms with Crippen molar-refractivity contribution in [3.8, 4) is 0 Å². The summed E-state index contributed by atoms with van der Waals surface area (Å²) in [6, 6.07) is 0. The molecule has 3 nitrogen and oxygen atoms in total. The molecular formula is C11H25NO2. The van der Waals surface area contributed by atoms with Crippen LogP contribution in [-0.4, -0.2) is 30.5 Å². The van der Waals surface area contributed by atoms with Crippen LogP contribution in [0.25, 0.3) is 0 Å². The molecule has 14 heavy (non-hydrogen) atoms. The molecule has 0 bridgehead atoms. The van der Waals surface area contributed by atoms with Gasteiger partial charge in [-0.05, 0) is 25.2 Å². The lowest BCUT2D eigenvalue weighted by molar-refractivity contribution is 0.0957. The van der Waals surface area contributed by atoms with Crippen LogP contribution in [0, 0.1) is 5.92 Å². The van der Waals surface area contributed by atoms with E-state index in [1.165, 1.54) is 0 Å². The highest BCUT2D eigenvalue weighted by atomic mass is 16.5. The van der Waals surface area contributed by atoms with E-state index in [2.05, 4.69) is 13.8 Å². The molecule has 0 aliphatic heterocycles. The van der Waals surface area contributed by atoms with Crippen LogP contribution in [0.1, 0.15) is 40.0 Å². The predicted octanol–water partition coefficient (Wildman–Crippen LogP) is 1.54. The van der Waals surface area contributed by atoms with Gasteiger partial charge in [0.05, 0.1) is 6.61 Å². The maximum absolute atomic E-state index is 9.06. The summed E-state index contributed by atoms with van der Waals surface area (Å²) in [7, 11) is 0. The number of hydrogen-bond donors (Lipinski definition) is 2. The second-order valence-corrected chi connectivity index (χ2v) is 4.45. The Morgan fingerprint density at radius 1 is 1.43 bits per heavy atom. The smallest absolute Gasteiger partial charge is 0.0611 e. The van der Waals surface area contributed by atoms with E-state index in [1.807, 2.05) is 6.92 Å². The highest BCUT2D eigenvalue weighted by molar-refractivity contribution is 4.81. The van der Waals surface area contributed by atoms with E-state index < -0.39 is 5.54 Å². The van der Waals surface area contributed by atoms with Crippen LogP contribution in [0.5, 0.6) is 0 Å². The van der Waals surface area contributed by atoms with E-state index >= 15 is 0 Å². The summed E-state index contributed by atoms with van der Waals surface area (Å²) < 4.78 is 5.44. The molecule has 0 saturated heterocycles. The van der Waals surface area contributed by atoms with E-state index in [-0.39, 0.29) is 6.61 Å². The third-order valence-electron chi connectivity index (χ3n) is 2.43. The minimum Gasteiger partial charge on any atom is -0.394 e. The van der Waals surface area contributed by atoms with Crippen LogP contribution in [0.3, 0.4) is 0 Å². The van der Waals surface area contributed by atoms with Crippen molar-refractivity contribution in [2.45, 2.75) is 45.6 Å². The number of hydrogen-bond acceptors (Lipinski definition) is 3. The molecule has 0 aliphatic rings. The molecule has 0 amide bonds. The van der Waals surface area contributed by atoms with Crippen molar-refractivity contribution in [2.24, 2.45) is 11.7 Å². The van der Waals surface area contributed by atoms with Crippen LogP contribution < -0.4 is 5.73 Å². The SMILES string of the molecule is CCC(N)(CO)CCCOCC(C)C. The Labute approximate surface area is 87.6 Å². The van der Waals surface area contributed by atoms with E-state index in [1.54, 1.807) is 0 Å². The van der Waals surface area contributed by atoms with Crippen LogP contribution in [0.15, 0.2) is 0 Å². The Balaban J connectivity index is 3.43. The number of nitrogens with two attached hydrogens (primary N) is 1. The standard InChI is InChI=1S/C11H25NO2/c1-4-11(12,9-13)6-5-7-14-8-10(2)3/h10,13H,4-9,12H2,1-3H3. The van der Waals surface area contributed by atoms with Crippen LogP contribution in [-0.2, 0) is 4.74 Å². The van der Waals surface area contributed by atoms with E-state index in [4.69, 9.17) is 15.6 Å². The molecule has 0 rings (SSSR count). The van der Waals surface area contributed by atoms with E-state index in [0.717, 1.165) is 32.5 Å². The third kappa shape index (κ3) is 6.35. The first-order valence-corrected chi connectivity index (χ1v) is 5.51. The van der Waals surface area contributed by atoms with Crippen molar-refractivity contribution in [1.29, 1.82) is 0 Å². The Morgan fingerprint density at radius 3 is 2.50 bits per heavy atom.